The van der Waals surface area contributed by atoms with Gasteiger partial charge in [0.15, 0.2) is 5.60 Å². The van der Waals surface area contributed by atoms with Crippen LogP contribution in [-0.4, -0.2) is 16.8 Å². The van der Waals surface area contributed by atoms with Crippen LogP contribution in [0.1, 0.15) is 43.2 Å². The predicted molar refractivity (Wildman–Crippen MR) is 110 cm³/mol. The highest BCUT2D eigenvalue weighted by molar-refractivity contribution is 6.36. The van der Waals surface area contributed by atoms with Crippen molar-refractivity contribution in [1.82, 2.24) is 0 Å². The fourth-order valence-electron chi connectivity index (χ4n) is 4.40. The van der Waals surface area contributed by atoms with Crippen LogP contribution in [0.25, 0.3) is 0 Å². The van der Waals surface area contributed by atoms with Gasteiger partial charge in [-0.05, 0) is 31.0 Å². The van der Waals surface area contributed by atoms with Crippen LogP contribution >= 0.6 is 23.2 Å². The topological polar surface area (TPSA) is 57.6 Å². The third-order valence-corrected chi connectivity index (χ3v) is 6.57. The minimum Gasteiger partial charge on any atom is -0.375 e. The van der Waals surface area contributed by atoms with Crippen LogP contribution in [0.15, 0.2) is 42.5 Å². The van der Waals surface area contributed by atoms with E-state index in [1.807, 2.05) is 6.07 Å². The Bertz CT molecular complexity index is 925. The number of amides is 1. The summed E-state index contributed by atoms with van der Waals surface area (Å²) < 4.78 is 0. The molecular formula is C22H21Cl2NO3. The number of aliphatic hydroxyl groups is 1. The molecule has 1 amide bonds. The van der Waals surface area contributed by atoms with Crippen LogP contribution in [0.3, 0.4) is 0 Å². The van der Waals surface area contributed by atoms with Gasteiger partial charge in [0.05, 0.1) is 18.2 Å². The lowest BCUT2D eigenvalue weighted by atomic mass is 9.77. The first-order chi connectivity index (χ1) is 13.4. The van der Waals surface area contributed by atoms with Gasteiger partial charge >= 0.3 is 0 Å². The standard InChI is InChI=1S/C22H21Cl2NO3/c23-17-9-6-10-18(24)14(17)13-25-19-11-5-4-7-15(19)22(28,21(25)27)16-8-2-1-3-12-20(16)26/h4-7,9-11,16,28H,1-3,8,12-13H2/t16-,22-/m1/s1. The lowest BCUT2D eigenvalue weighted by Crippen LogP contribution is -2.48. The van der Waals surface area contributed by atoms with Crippen LogP contribution in [0.5, 0.6) is 0 Å². The number of anilines is 1. The normalized spacial score (nSPS) is 25.0. The zero-order valence-electron chi connectivity index (χ0n) is 15.3. The summed E-state index contributed by atoms with van der Waals surface area (Å²) in [4.78, 5) is 27.8. The molecule has 0 unspecified atom stereocenters. The Balaban J connectivity index is 1.79. The molecule has 2 aliphatic rings. The summed E-state index contributed by atoms with van der Waals surface area (Å²) in [6.07, 6.45) is 3.48. The molecule has 1 saturated carbocycles. The first kappa shape index (κ1) is 19.4. The van der Waals surface area contributed by atoms with Crippen molar-refractivity contribution in [1.29, 1.82) is 0 Å². The summed E-state index contributed by atoms with van der Waals surface area (Å²) in [6, 6.07) is 12.3. The van der Waals surface area contributed by atoms with Crippen molar-refractivity contribution >= 4 is 40.6 Å². The molecule has 1 N–H and O–H groups in total. The van der Waals surface area contributed by atoms with Gasteiger partial charge in [-0.3, -0.25) is 9.59 Å². The summed E-state index contributed by atoms with van der Waals surface area (Å²) in [6.45, 7) is 0.136. The Morgan fingerprint density at radius 3 is 2.46 bits per heavy atom. The van der Waals surface area contributed by atoms with Crippen molar-refractivity contribution < 1.29 is 14.7 Å². The molecule has 0 spiro atoms. The number of nitrogens with zero attached hydrogens (tertiary/aromatic N) is 1. The van der Waals surface area contributed by atoms with Crippen LogP contribution in [0.4, 0.5) is 5.69 Å². The molecule has 28 heavy (non-hydrogen) atoms. The van der Waals surface area contributed by atoms with E-state index in [-0.39, 0.29) is 12.3 Å². The van der Waals surface area contributed by atoms with Crippen molar-refractivity contribution in [2.45, 2.75) is 44.2 Å². The van der Waals surface area contributed by atoms with E-state index in [4.69, 9.17) is 23.2 Å². The largest absolute Gasteiger partial charge is 0.375 e. The lowest BCUT2D eigenvalue weighted by molar-refractivity contribution is -0.150. The maximum atomic E-state index is 13.5. The number of para-hydroxylation sites is 1. The molecule has 2 aromatic rings. The monoisotopic (exact) mass is 417 g/mol. The Kier molecular flexibility index (Phi) is 5.21. The highest BCUT2D eigenvalue weighted by Crippen LogP contribution is 2.48. The fraction of sp³-hybridized carbons (Fsp3) is 0.364. The number of rotatable bonds is 3. The van der Waals surface area contributed by atoms with E-state index >= 15 is 0 Å². The fourth-order valence-corrected chi connectivity index (χ4v) is 4.92. The molecule has 1 heterocycles. The summed E-state index contributed by atoms with van der Waals surface area (Å²) in [5.41, 5.74) is -0.136. The molecule has 1 aliphatic heterocycles. The number of hydrogen-bond acceptors (Lipinski definition) is 3. The Morgan fingerprint density at radius 1 is 1.00 bits per heavy atom. The minimum absolute atomic E-state index is 0.0409. The molecule has 2 atom stereocenters. The third kappa shape index (κ3) is 3.04. The van der Waals surface area contributed by atoms with E-state index in [9.17, 15) is 14.7 Å². The number of hydrogen-bond donors (Lipinski definition) is 1. The first-order valence-corrected chi connectivity index (χ1v) is 10.3. The van der Waals surface area contributed by atoms with E-state index in [0.717, 1.165) is 19.3 Å². The summed E-state index contributed by atoms with van der Waals surface area (Å²) in [5.74, 6) is -1.25. The highest BCUT2D eigenvalue weighted by Gasteiger charge is 2.56. The number of ketones is 1. The van der Waals surface area contributed by atoms with Crippen molar-refractivity contribution in [2.24, 2.45) is 5.92 Å². The van der Waals surface area contributed by atoms with Gasteiger partial charge in [-0.25, -0.2) is 0 Å². The lowest BCUT2D eigenvalue weighted by Gasteiger charge is -2.30. The van der Waals surface area contributed by atoms with E-state index < -0.39 is 17.4 Å². The zero-order valence-corrected chi connectivity index (χ0v) is 16.8. The first-order valence-electron chi connectivity index (χ1n) is 9.54. The molecular weight excluding hydrogens is 397 g/mol. The number of carbonyl (C=O) groups is 2. The highest BCUT2D eigenvalue weighted by atomic mass is 35.5. The van der Waals surface area contributed by atoms with Gasteiger partial charge in [-0.1, -0.05) is 60.3 Å². The summed E-state index contributed by atoms with van der Waals surface area (Å²) >= 11 is 12.6. The molecule has 146 valence electrons. The zero-order chi connectivity index (χ0) is 19.9. The van der Waals surface area contributed by atoms with Gasteiger partial charge in [0.1, 0.15) is 5.78 Å². The molecule has 4 rings (SSSR count). The van der Waals surface area contributed by atoms with E-state index in [0.29, 0.717) is 39.7 Å². The summed E-state index contributed by atoms with van der Waals surface area (Å²) in [5, 5.41) is 12.6. The average molecular weight is 418 g/mol. The summed E-state index contributed by atoms with van der Waals surface area (Å²) in [7, 11) is 0. The second kappa shape index (κ2) is 7.51. The second-order valence-electron chi connectivity index (χ2n) is 7.49. The molecule has 0 saturated heterocycles. The van der Waals surface area contributed by atoms with E-state index in [1.54, 1.807) is 36.4 Å². The van der Waals surface area contributed by atoms with Gasteiger partial charge in [0.2, 0.25) is 0 Å². The van der Waals surface area contributed by atoms with Gasteiger partial charge in [0, 0.05) is 27.6 Å². The number of fused-ring (bicyclic) bond motifs is 1. The molecule has 4 nitrogen and oxygen atoms in total. The average Bonchev–Trinajstić information content (AvgIpc) is 2.82. The third-order valence-electron chi connectivity index (χ3n) is 5.86. The van der Waals surface area contributed by atoms with E-state index in [2.05, 4.69) is 0 Å². The quantitative estimate of drug-likeness (QED) is 0.724. The number of halogens is 2. The Labute approximate surface area is 174 Å². The maximum absolute atomic E-state index is 13.5. The van der Waals surface area contributed by atoms with Crippen molar-refractivity contribution in [2.75, 3.05) is 4.90 Å². The maximum Gasteiger partial charge on any atom is 0.264 e. The van der Waals surface area contributed by atoms with Crippen LogP contribution in [0.2, 0.25) is 10.0 Å². The van der Waals surface area contributed by atoms with Crippen LogP contribution in [-0.2, 0) is 21.7 Å². The Hall–Kier alpha value is -1.88. The SMILES string of the molecule is O=C1CCCCC[C@H]1[C@@]1(O)C(=O)N(Cc2c(Cl)cccc2Cl)c2ccccc21. The molecule has 0 aromatic heterocycles. The van der Waals surface area contributed by atoms with Gasteiger partial charge < -0.3 is 10.0 Å². The van der Waals surface area contributed by atoms with Crippen molar-refractivity contribution in [3.8, 4) is 0 Å². The number of Topliss-reactive ketones (excluding diaryl/α,β-unsaturated/α-hetero) is 1. The number of carbonyl (C=O) groups excluding carboxylic acids is 2. The van der Waals surface area contributed by atoms with E-state index in [1.165, 1.54) is 4.90 Å². The van der Waals surface area contributed by atoms with Crippen molar-refractivity contribution in [3.63, 3.8) is 0 Å². The molecule has 0 radical (unpaired) electrons. The molecule has 6 heteroatoms. The molecule has 2 aromatic carbocycles. The second-order valence-corrected chi connectivity index (χ2v) is 8.31. The smallest absolute Gasteiger partial charge is 0.264 e. The van der Waals surface area contributed by atoms with Crippen LogP contribution < -0.4 is 4.90 Å². The van der Waals surface area contributed by atoms with Gasteiger partial charge in [-0.15, -0.1) is 0 Å². The van der Waals surface area contributed by atoms with Crippen LogP contribution in [0, 0.1) is 5.92 Å². The minimum atomic E-state index is -1.84. The number of benzene rings is 2. The van der Waals surface area contributed by atoms with Crippen molar-refractivity contribution in [3.05, 3.63) is 63.6 Å². The van der Waals surface area contributed by atoms with Gasteiger partial charge in [0.25, 0.3) is 5.91 Å². The predicted octanol–water partition coefficient (Wildman–Crippen LogP) is 4.88. The Morgan fingerprint density at radius 2 is 1.71 bits per heavy atom. The molecule has 1 aliphatic carbocycles. The molecule has 0 bridgehead atoms. The van der Waals surface area contributed by atoms with Gasteiger partial charge in [-0.2, -0.15) is 0 Å². The molecule has 1 fully saturated rings.